The second kappa shape index (κ2) is 5.92. The Morgan fingerprint density at radius 1 is 1.32 bits per heavy atom. The van der Waals surface area contributed by atoms with Crippen LogP contribution in [-0.2, 0) is 0 Å². The summed E-state index contributed by atoms with van der Waals surface area (Å²) in [6.07, 6.45) is 1.91. The van der Waals surface area contributed by atoms with E-state index in [1.54, 1.807) is 12.1 Å². The van der Waals surface area contributed by atoms with E-state index in [0.717, 1.165) is 5.56 Å². The Labute approximate surface area is 109 Å². The van der Waals surface area contributed by atoms with Crippen LogP contribution in [0.4, 0.5) is 11.4 Å². The molecule has 0 amide bonds. The lowest BCUT2D eigenvalue weighted by molar-refractivity contribution is -0.384. The molecular weight excluding hydrogens is 246 g/mol. The molecule has 1 aromatic heterocycles. The summed E-state index contributed by atoms with van der Waals surface area (Å²) in [5.41, 5.74) is 0.990. The van der Waals surface area contributed by atoms with Crippen molar-refractivity contribution < 1.29 is 10.0 Å². The minimum absolute atomic E-state index is 0.109. The number of hydrogen-bond donors (Lipinski definition) is 2. The number of hydrogen-bond acceptors (Lipinski definition) is 5. The maximum absolute atomic E-state index is 10.8. The SMILES string of the molecule is O=[N+]([O-])c1cnccc1NCC(O)c1ccccc1. The van der Waals surface area contributed by atoms with E-state index in [1.807, 2.05) is 18.2 Å². The summed E-state index contributed by atoms with van der Waals surface area (Å²) in [5.74, 6) is 0. The van der Waals surface area contributed by atoms with Crippen LogP contribution in [0.1, 0.15) is 11.7 Å². The summed E-state index contributed by atoms with van der Waals surface area (Å²) < 4.78 is 0. The Morgan fingerprint density at radius 3 is 2.74 bits per heavy atom. The van der Waals surface area contributed by atoms with Gasteiger partial charge in [-0.3, -0.25) is 15.1 Å². The van der Waals surface area contributed by atoms with Gasteiger partial charge in [0.25, 0.3) is 0 Å². The number of anilines is 1. The van der Waals surface area contributed by atoms with Crippen molar-refractivity contribution in [1.82, 2.24) is 4.98 Å². The predicted molar refractivity (Wildman–Crippen MR) is 70.8 cm³/mol. The molecule has 2 rings (SSSR count). The third kappa shape index (κ3) is 3.26. The lowest BCUT2D eigenvalue weighted by atomic mass is 10.1. The minimum atomic E-state index is -0.728. The Hall–Kier alpha value is -2.47. The summed E-state index contributed by atoms with van der Waals surface area (Å²) in [5, 5.41) is 23.6. The molecule has 0 radical (unpaired) electrons. The van der Waals surface area contributed by atoms with Gasteiger partial charge in [-0.1, -0.05) is 30.3 Å². The molecule has 1 unspecified atom stereocenters. The fourth-order valence-corrected chi connectivity index (χ4v) is 1.68. The summed E-state index contributed by atoms with van der Waals surface area (Å²) in [6.45, 7) is 0.189. The first kappa shape index (κ1) is 13.0. The molecule has 0 fully saturated rings. The van der Waals surface area contributed by atoms with Crippen LogP contribution < -0.4 is 5.32 Å². The fourth-order valence-electron chi connectivity index (χ4n) is 1.68. The quantitative estimate of drug-likeness (QED) is 0.634. The van der Waals surface area contributed by atoms with Gasteiger partial charge in [0.1, 0.15) is 11.9 Å². The van der Waals surface area contributed by atoms with Crippen LogP contribution in [0.15, 0.2) is 48.8 Å². The van der Waals surface area contributed by atoms with Crippen molar-refractivity contribution in [2.24, 2.45) is 0 Å². The van der Waals surface area contributed by atoms with E-state index in [2.05, 4.69) is 10.3 Å². The van der Waals surface area contributed by atoms with Crippen LogP contribution in [0.2, 0.25) is 0 Å². The van der Waals surface area contributed by atoms with Crippen LogP contribution in [0.5, 0.6) is 0 Å². The monoisotopic (exact) mass is 259 g/mol. The molecule has 1 atom stereocenters. The normalized spacial score (nSPS) is 11.8. The molecule has 2 N–H and O–H groups in total. The Kier molecular flexibility index (Phi) is 4.04. The van der Waals surface area contributed by atoms with E-state index < -0.39 is 11.0 Å². The highest BCUT2D eigenvalue weighted by Crippen LogP contribution is 2.23. The number of aliphatic hydroxyl groups is 1. The zero-order chi connectivity index (χ0) is 13.7. The molecule has 1 aromatic carbocycles. The molecule has 0 saturated heterocycles. The van der Waals surface area contributed by atoms with Crippen molar-refractivity contribution >= 4 is 11.4 Å². The number of rotatable bonds is 5. The molecule has 6 heteroatoms. The van der Waals surface area contributed by atoms with E-state index in [-0.39, 0.29) is 12.2 Å². The van der Waals surface area contributed by atoms with E-state index >= 15 is 0 Å². The molecule has 0 aliphatic heterocycles. The summed E-state index contributed by atoms with van der Waals surface area (Å²) in [4.78, 5) is 14.0. The van der Waals surface area contributed by atoms with Gasteiger partial charge in [-0.25, -0.2) is 0 Å². The van der Waals surface area contributed by atoms with Crippen molar-refractivity contribution in [1.29, 1.82) is 0 Å². The maximum atomic E-state index is 10.8. The van der Waals surface area contributed by atoms with Crippen molar-refractivity contribution in [3.63, 3.8) is 0 Å². The van der Waals surface area contributed by atoms with E-state index in [9.17, 15) is 15.2 Å². The molecule has 1 heterocycles. The number of aromatic nitrogens is 1. The van der Waals surface area contributed by atoms with Crippen LogP contribution in [-0.4, -0.2) is 21.6 Å². The topological polar surface area (TPSA) is 88.3 Å². The molecule has 0 aliphatic carbocycles. The number of nitro groups is 1. The maximum Gasteiger partial charge on any atom is 0.310 e. The zero-order valence-corrected chi connectivity index (χ0v) is 10.1. The van der Waals surface area contributed by atoms with Crippen LogP contribution in [0, 0.1) is 10.1 Å². The molecule has 2 aromatic rings. The predicted octanol–water partition coefficient (Wildman–Crippen LogP) is 2.14. The van der Waals surface area contributed by atoms with E-state index in [0.29, 0.717) is 5.69 Å². The minimum Gasteiger partial charge on any atom is -0.387 e. The molecule has 19 heavy (non-hydrogen) atoms. The molecule has 98 valence electrons. The van der Waals surface area contributed by atoms with E-state index in [4.69, 9.17) is 0 Å². The van der Waals surface area contributed by atoms with Crippen molar-refractivity contribution in [2.45, 2.75) is 6.10 Å². The number of aliphatic hydroxyl groups excluding tert-OH is 1. The average Bonchev–Trinajstić information content (AvgIpc) is 2.46. The van der Waals surface area contributed by atoms with Gasteiger partial charge in [-0.2, -0.15) is 0 Å². The third-order valence-electron chi connectivity index (χ3n) is 2.67. The second-order valence-electron chi connectivity index (χ2n) is 3.96. The summed E-state index contributed by atoms with van der Waals surface area (Å²) >= 11 is 0. The zero-order valence-electron chi connectivity index (χ0n) is 10.1. The van der Waals surface area contributed by atoms with Crippen LogP contribution in [0.25, 0.3) is 0 Å². The van der Waals surface area contributed by atoms with Gasteiger partial charge >= 0.3 is 5.69 Å². The van der Waals surface area contributed by atoms with Crippen molar-refractivity contribution in [2.75, 3.05) is 11.9 Å². The van der Waals surface area contributed by atoms with Crippen LogP contribution in [0.3, 0.4) is 0 Å². The molecule has 0 bridgehead atoms. The van der Waals surface area contributed by atoms with Gasteiger partial charge in [0, 0.05) is 12.7 Å². The highest BCUT2D eigenvalue weighted by molar-refractivity contribution is 5.59. The largest absolute Gasteiger partial charge is 0.387 e. The van der Waals surface area contributed by atoms with Gasteiger partial charge in [0.05, 0.1) is 11.0 Å². The van der Waals surface area contributed by atoms with E-state index in [1.165, 1.54) is 18.5 Å². The smallest absolute Gasteiger partial charge is 0.310 e. The summed E-state index contributed by atoms with van der Waals surface area (Å²) in [7, 11) is 0. The van der Waals surface area contributed by atoms with Crippen LogP contribution >= 0.6 is 0 Å². The van der Waals surface area contributed by atoms with Crippen molar-refractivity contribution in [3.8, 4) is 0 Å². The molecule has 0 aliphatic rings. The standard InChI is InChI=1S/C13H13N3O3/c17-13(10-4-2-1-3-5-10)9-15-11-6-7-14-8-12(11)16(18)19/h1-8,13,17H,9H2,(H,14,15). The number of pyridine rings is 1. The molecule has 0 spiro atoms. The summed E-state index contributed by atoms with van der Waals surface area (Å²) in [6, 6.07) is 10.6. The first-order valence-electron chi connectivity index (χ1n) is 5.74. The lowest BCUT2D eigenvalue weighted by Gasteiger charge is -2.12. The van der Waals surface area contributed by atoms with Crippen molar-refractivity contribution in [3.05, 3.63) is 64.5 Å². The van der Waals surface area contributed by atoms with Gasteiger partial charge in [-0.15, -0.1) is 0 Å². The number of nitrogens with one attached hydrogen (secondary N) is 1. The third-order valence-corrected chi connectivity index (χ3v) is 2.67. The Morgan fingerprint density at radius 2 is 2.05 bits per heavy atom. The van der Waals surface area contributed by atoms with Gasteiger partial charge in [-0.05, 0) is 11.6 Å². The fraction of sp³-hybridized carbons (Fsp3) is 0.154. The highest BCUT2D eigenvalue weighted by atomic mass is 16.6. The molecule has 6 nitrogen and oxygen atoms in total. The van der Waals surface area contributed by atoms with Gasteiger partial charge < -0.3 is 10.4 Å². The Balaban J connectivity index is 2.05. The highest BCUT2D eigenvalue weighted by Gasteiger charge is 2.14. The average molecular weight is 259 g/mol. The second-order valence-corrected chi connectivity index (χ2v) is 3.96. The number of benzene rings is 1. The van der Waals surface area contributed by atoms with Gasteiger partial charge in [0.2, 0.25) is 0 Å². The first-order chi connectivity index (χ1) is 9.18. The molecule has 0 saturated carbocycles. The lowest BCUT2D eigenvalue weighted by Crippen LogP contribution is -2.13. The first-order valence-corrected chi connectivity index (χ1v) is 5.74. The van der Waals surface area contributed by atoms with Gasteiger partial charge in [0.15, 0.2) is 0 Å². The Bertz CT molecular complexity index is 560. The molecular formula is C13H13N3O3. The number of nitrogens with zero attached hydrogens (tertiary/aromatic N) is 2.